The van der Waals surface area contributed by atoms with Crippen molar-refractivity contribution < 1.29 is 9.53 Å². The summed E-state index contributed by atoms with van der Waals surface area (Å²) in [6.07, 6.45) is 5.88. The fraction of sp³-hybridized carbons (Fsp3) is 0.611. The van der Waals surface area contributed by atoms with E-state index in [9.17, 15) is 4.79 Å². The highest BCUT2D eigenvalue weighted by Crippen LogP contribution is 2.39. The second-order valence-electron chi connectivity index (χ2n) is 6.34. The Hall–Kier alpha value is -0.800. The van der Waals surface area contributed by atoms with Gasteiger partial charge in [-0.3, -0.25) is 4.79 Å². The first-order valence-corrected chi connectivity index (χ1v) is 8.95. The van der Waals surface area contributed by atoms with Crippen LogP contribution in [-0.4, -0.2) is 24.2 Å². The smallest absolute Gasteiger partial charge is 0.137 e. The minimum Gasteiger partial charge on any atom is -0.381 e. The van der Waals surface area contributed by atoms with Crippen molar-refractivity contribution in [3.8, 4) is 0 Å². The summed E-state index contributed by atoms with van der Waals surface area (Å²) in [4.78, 5) is 13.4. The van der Waals surface area contributed by atoms with Crippen LogP contribution in [0.25, 0.3) is 0 Å². The third kappa shape index (κ3) is 4.33. The third-order valence-electron chi connectivity index (χ3n) is 4.51. The Morgan fingerprint density at radius 2 is 1.86 bits per heavy atom. The fourth-order valence-electron chi connectivity index (χ4n) is 3.01. The molecule has 1 aromatic rings. The van der Waals surface area contributed by atoms with Gasteiger partial charge in [-0.2, -0.15) is 0 Å². The molecule has 3 rings (SSSR count). The second kappa shape index (κ2) is 6.97. The zero-order chi connectivity index (χ0) is 14.7. The maximum atomic E-state index is 12.1. The maximum Gasteiger partial charge on any atom is 0.137 e. The summed E-state index contributed by atoms with van der Waals surface area (Å²) in [5.41, 5.74) is 1.19. The van der Waals surface area contributed by atoms with Crippen molar-refractivity contribution in [1.82, 2.24) is 0 Å². The first-order chi connectivity index (χ1) is 10.2. The second-order valence-corrected chi connectivity index (χ2v) is 7.71. The quantitative estimate of drug-likeness (QED) is 0.777. The highest BCUT2D eigenvalue weighted by atomic mass is 32.2. The van der Waals surface area contributed by atoms with E-state index in [-0.39, 0.29) is 5.92 Å². The van der Waals surface area contributed by atoms with E-state index in [0.717, 1.165) is 37.7 Å². The van der Waals surface area contributed by atoms with Crippen LogP contribution in [0, 0.1) is 5.92 Å². The molecule has 1 aliphatic carbocycles. The SMILES string of the molecule is CC(=O)[C@H](CC1CCOCC1)c1ccc(SC2CC2)cc1. The van der Waals surface area contributed by atoms with Crippen LogP contribution in [-0.2, 0) is 9.53 Å². The van der Waals surface area contributed by atoms with Gasteiger partial charge >= 0.3 is 0 Å². The number of rotatable bonds is 6. The molecular weight excluding hydrogens is 280 g/mol. The Kier molecular flexibility index (Phi) is 5.02. The van der Waals surface area contributed by atoms with Crippen LogP contribution in [0.15, 0.2) is 29.2 Å². The molecule has 114 valence electrons. The lowest BCUT2D eigenvalue weighted by atomic mass is 9.83. The van der Waals surface area contributed by atoms with Gasteiger partial charge in [0.1, 0.15) is 5.78 Å². The molecule has 2 aliphatic rings. The number of benzene rings is 1. The monoisotopic (exact) mass is 304 g/mol. The van der Waals surface area contributed by atoms with Crippen LogP contribution < -0.4 is 0 Å². The molecule has 21 heavy (non-hydrogen) atoms. The van der Waals surface area contributed by atoms with E-state index in [1.807, 2.05) is 11.8 Å². The zero-order valence-corrected chi connectivity index (χ0v) is 13.5. The molecule has 1 saturated carbocycles. The first kappa shape index (κ1) is 15.1. The summed E-state index contributed by atoms with van der Waals surface area (Å²) in [6, 6.07) is 8.71. The van der Waals surface area contributed by atoms with Crippen LogP contribution in [0.3, 0.4) is 0 Å². The van der Waals surface area contributed by atoms with Gasteiger partial charge in [0.15, 0.2) is 0 Å². The normalized spacial score (nSPS) is 21.2. The van der Waals surface area contributed by atoms with E-state index in [1.165, 1.54) is 23.3 Å². The Balaban J connectivity index is 1.65. The molecule has 1 aromatic carbocycles. The molecule has 1 atom stereocenters. The molecule has 1 heterocycles. The number of Topliss-reactive ketones (excluding diaryl/α,β-unsaturated/α-hetero) is 1. The molecule has 0 radical (unpaired) electrons. The van der Waals surface area contributed by atoms with Crippen molar-refractivity contribution >= 4 is 17.5 Å². The third-order valence-corrected chi connectivity index (χ3v) is 5.86. The highest BCUT2D eigenvalue weighted by Gasteiger charge is 2.25. The largest absolute Gasteiger partial charge is 0.381 e. The number of thioether (sulfide) groups is 1. The van der Waals surface area contributed by atoms with Crippen LogP contribution in [0.4, 0.5) is 0 Å². The number of ether oxygens (including phenoxy) is 1. The van der Waals surface area contributed by atoms with E-state index in [0.29, 0.717) is 11.7 Å². The van der Waals surface area contributed by atoms with E-state index < -0.39 is 0 Å². The van der Waals surface area contributed by atoms with Gasteiger partial charge < -0.3 is 4.74 Å². The fourth-order valence-corrected chi connectivity index (χ4v) is 4.06. The van der Waals surface area contributed by atoms with Crippen molar-refractivity contribution in [3.63, 3.8) is 0 Å². The summed E-state index contributed by atoms with van der Waals surface area (Å²) < 4.78 is 5.42. The summed E-state index contributed by atoms with van der Waals surface area (Å²) in [6.45, 7) is 3.44. The van der Waals surface area contributed by atoms with E-state index in [4.69, 9.17) is 4.74 Å². The molecule has 1 saturated heterocycles. The van der Waals surface area contributed by atoms with E-state index >= 15 is 0 Å². The molecule has 0 N–H and O–H groups in total. The molecule has 1 aliphatic heterocycles. The average molecular weight is 304 g/mol. The minimum atomic E-state index is 0.0630. The molecule has 0 unspecified atom stereocenters. The predicted octanol–water partition coefficient (Wildman–Crippen LogP) is 4.43. The van der Waals surface area contributed by atoms with Crippen molar-refractivity contribution in [1.29, 1.82) is 0 Å². The van der Waals surface area contributed by atoms with Gasteiger partial charge in [0.05, 0.1) is 0 Å². The zero-order valence-electron chi connectivity index (χ0n) is 12.7. The van der Waals surface area contributed by atoms with Crippen LogP contribution in [0.5, 0.6) is 0 Å². The van der Waals surface area contributed by atoms with Crippen LogP contribution in [0.2, 0.25) is 0 Å². The van der Waals surface area contributed by atoms with E-state index in [1.54, 1.807) is 6.92 Å². The Labute approximate surface area is 131 Å². The van der Waals surface area contributed by atoms with Gasteiger partial charge in [0.25, 0.3) is 0 Å². The maximum absolute atomic E-state index is 12.1. The standard InChI is InChI=1S/C18H24O2S/c1-13(19)18(12-14-8-10-20-11-9-14)15-2-4-16(5-3-15)21-17-6-7-17/h2-5,14,17-18H,6-12H2,1H3/t18-/m0/s1. The van der Waals surface area contributed by atoms with Crippen LogP contribution >= 0.6 is 11.8 Å². The molecule has 0 aromatic heterocycles. The van der Waals surface area contributed by atoms with Gasteiger partial charge in [0.2, 0.25) is 0 Å². The Bertz CT molecular complexity index is 472. The average Bonchev–Trinajstić information content (AvgIpc) is 3.31. The molecule has 0 spiro atoms. The number of carbonyl (C=O) groups is 1. The number of hydrogen-bond acceptors (Lipinski definition) is 3. The number of ketones is 1. The summed E-state index contributed by atoms with van der Waals surface area (Å²) in [5.74, 6) is 0.991. The van der Waals surface area contributed by atoms with Crippen LogP contribution in [0.1, 0.15) is 50.5 Å². The van der Waals surface area contributed by atoms with Gasteiger partial charge in [-0.05, 0) is 62.6 Å². The number of carbonyl (C=O) groups excluding carboxylic acids is 1. The van der Waals surface area contributed by atoms with E-state index in [2.05, 4.69) is 24.3 Å². The lowest BCUT2D eigenvalue weighted by Gasteiger charge is -2.25. The summed E-state index contributed by atoms with van der Waals surface area (Å²) >= 11 is 1.97. The molecule has 2 fully saturated rings. The highest BCUT2D eigenvalue weighted by molar-refractivity contribution is 8.00. The van der Waals surface area contributed by atoms with Crippen molar-refractivity contribution in [2.45, 2.75) is 55.1 Å². The van der Waals surface area contributed by atoms with Gasteiger partial charge in [0, 0.05) is 29.3 Å². The predicted molar refractivity (Wildman–Crippen MR) is 86.9 cm³/mol. The van der Waals surface area contributed by atoms with Gasteiger partial charge in [-0.1, -0.05) is 12.1 Å². The van der Waals surface area contributed by atoms with Crippen molar-refractivity contribution in [3.05, 3.63) is 29.8 Å². The Morgan fingerprint density at radius 1 is 1.19 bits per heavy atom. The van der Waals surface area contributed by atoms with Crippen molar-refractivity contribution in [2.24, 2.45) is 5.92 Å². The minimum absolute atomic E-state index is 0.0630. The Morgan fingerprint density at radius 3 is 2.43 bits per heavy atom. The van der Waals surface area contributed by atoms with Gasteiger partial charge in [-0.15, -0.1) is 11.8 Å². The van der Waals surface area contributed by atoms with Crippen molar-refractivity contribution in [2.75, 3.05) is 13.2 Å². The summed E-state index contributed by atoms with van der Waals surface area (Å²) in [7, 11) is 0. The molecule has 3 heteroatoms. The van der Waals surface area contributed by atoms with Gasteiger partial charge in [-0.25, -0.2) is 0 Å². The topological polar surface area (TPSA) is 26.3 Å². The lowest BCUT2D eigenvalue weighted by molar-refractivity contribution is -0.119. The summed E-state index contributed by atoms with van der Waals surface area (Å²) in [5, 5.41) is 0.835. The lowest BCUT2D eigenvalue weighted by Crippen LogP contribution is -2.20. The molecule has 2 nitrogen and oxygen atoms in total. The molecule has 0 amide bonds. The molecular formula is C18H24O2S. The number of hydrogen-bond donors (Lipinski definition) is 0. The molecule has 0 bridgehead atoms. The first-order valence-electron chi connectivity index (χ1n) is 8.07.